The van der Waals surface area contributed by atoms with E-state index >= 15 is 0 Å². The summed E-state index contributed by atoms with van der Waals surface area (Å²) in [6, 6.07) is 11.2. The molecule has 0 atom stereocenters. The first-order valence-electron chi connectivity index (χ1n) is 7.44. The van der Waals surface area contributed by atoms with E-state index in [1.54, 1.807) is 6.07 Å². The Morgan fingerprint density at radius 3 is 2.38 bits per heavy atom. The van der Waals surface area contributed by atoms with Gasteiger partial charge in [-0.3, -0.25) is 0 Å². The molecular weight excluding hydrogens is 310 g/mol. The van der Waals surface area contributed by atoms with Crippen LogP contribution in [0.2, 0.25) is 0 Å². The van der Waals surface area contributed by atoms with Crippen LogP contribution in [0.15, 0.2) is 52.6 Å². The van der Waals surface area contributed by atoms with Crippen LogP contribution in [0.5, 0.6) is 0 Å². The normalized spacial score (nSPS) is 16.4. The van der Waals surface area contributed by atoms with Crippen molar-refractivity contribution in [3.05, 3.63) is 53.9 Å². The van der Waals surface area contributed by atoms with Crippen LogP contribution in [-0.4, -0.2) is 17.7 Å². The maximum atomic E-state index is 11.9. The molecule has 0 bridgehead atoms. The molecule has 24 heavy (non-hydrogen) atoms. The van der Waals surface area contributed by atoms with Crippen molar-refractivity contribution in [1.29, 1.82) is 0 Å². The van der Waals surface area contributed by atoms with Crippen LogP contribution in [-0.2, 0) is 19.1 Å². The lowest BCUT2D eigenvalue weighted by atomic mass is 10.1. The van der Waals surface area contributed by atoms with Gasteiger partial charge in [0.2, 0.25) is 0 Å². The number of hydrogen-bond donors (Lipinski definition) is 1. The van der Waals surface area contributed by atoms with Gasteiger partial charge in [-0.25, -0.2) is 9.59 Å². The molecule has 1 aliphatic rings. The second kappa shape index (κ2) is 5.88. The number of hydrogen-bond acceptors (Lipinski definition) is 6. The molecule has 0 saturated carbocycles. The fourth-order valence-corrected chi connectivity index (χ4v) is 2.29. The van der Waals surface area contributed by atoms with Crippen LogP contribution in [0.1, 0.15) is 19.6 Å². The third kappa shape index (κ3) is 3.32. The van der Waals surface area contributed by atoms with Crippen molar-refractivity contribution in [2.45, 2.75) is 26.6 Å². The zero-order valence-corrected chi connectivity index (χ0v) is 13.6. The monoisotopic (exact) mass is 327 g/mol. The van der Waals surface area contributed by atoms with Crippen LogP contribution >= 0.6 is 0 Å². The molecule has 6 nitrogen and oxygen atoms in total. The highest BCUT2D eigenvalue weighted by Gasteiger charge is 2.38. The van der Waals surface area contributed by atoms with E-state index in [-0.39, 0.29) is 5.57 Å². The molecule has 1 aromatic carbocycles. The van der Waals surface area contributed by atoms with Gasteiger partial charge >= 0.3 is 11.9 Å². The first-order chi connectivity index (χ1) is 11.3. The summed E-state index contributed by atoms with van der Waals surface area (Å²) >= 11 is 0. The Balaban J connectivity index is 1.79. The molecule has 0 amide bonds. The van der Waals surface area contributed by atoms with Gasteiger partial charge in [-0.2, -0.15) is 0 Å². The maximum Gasteiger partial charge on any atom is 0.350 e. The van der Waals surface area contributed by atoms with Gasteiger partial charge in [0.15, 0.2) is 5.57 Å². The number of nitrogens with one attached hydrogen (secondary N) is 1. The quantitative estimate of drug-likeness (QED) is 0.529. The van der Waals surface area contributed by atoms with Gasteiger partial charge in [0, 0.05) is 31.3 Å². The van der Waals surface area contributed by atoms with E-state index in [1.165, 1.54) is 20.0 Å². The Kier molecular flexibility index (Phi) is 3.89. The van der Waals surface area contributed by atoms with Gasteiger partial charge < -0.3 is 19.2 Å². The first kappa shape index (κ1) is 15.9. The molecule has 124 valence electrons. The van der Waals surface area contributed by atoms with Crippen molar-refractivity contribution in [2.75, 3.05) is 5.32 Å². The largest absolute Gasteiger partial charge is 0.461 e. The molecule has 2 aromatic rings. The summed E-state index contributed by atoms with van der Waals surface area (Å²) in [6.07, 6.45) is 1.28. The van der Waals surface area contributed by atoms with Crippen molar-refractivity contribution in [3.63, 3.8) is 0 Å². The molecule has 0 aliphatic carbocycles. The van der Waals surface area contributed by atoms with Gasteiger partial charge in [-0.15, -0.1) is 0 Å². The molecule has 0 radical (unpaired) electrons. The summed E-state index contributed by atoms with van der Waals surface area (Å²) in [4.78, 5) is 23.8. The highest BCUT2D eigenvalue weighted by atomic mass is 16.7. The minimum Gasteiger partial charge on any atom is -0.461 e. The highest BCUT2D eigenvalue weighted by Crippen LogP contribution is 2.26. The van der Waals surface area contributed by atoms with E-state index in [4.69, 9.17) is 13.9 Å². The maximum absolute atomic E-state index is 11.9. The summed E-state index contributed by atoms with van der Waals surface area (Å²) in [7, 11) is 0. The second-order valence-corrected chi connectivity index (χ2v) is 5.87. The topological polar surface area (TPSA) is 77.8 Å². The van der Waals surface area contributed by atoms with Crippen molar-refractivity contribution in [2.24, 2.45) is 0 Å². The molecule has 1 aromatic heterocycles. The molecular formula is C18H17NO5. The summed E-state index contributed by atoms with van der Waals surface area (Å²) < 4.78 is 15.7. The molecule has 2 heterocycles. The van der Waals surface area contributed by atoms with E-state index < -0.39 is 17.7 Å². The molecule has 3 rings (SSSR count). The van der Waals surface area contributed by atoms with Gasteiger partial charge in [0.1, 0.15) is 11.5 Å². The zero-order chi connectivity index (χ0) is 17.3. The van der Waals surface area contributed by atoms with Crippen LogP contribution in [0, 0.1) is 6.92 Å². The third-order valence-electron chi connectivity index (χ3n) is 3.39. The Morgan fingerprint density at radius 1 is 1.04 bits per heavy atom. The Hall–Kier alpha value is -3.02. The Bertz CT molecular complexity index is 809. The number of furan rings is 1. The summed E-state index contributed by atoms with van der Waals surface area (Å²) in [6.45, 7) is 4.88. The minimum atomic E-state index is -1.25. The number of esters is 2. The summed E-state index contributed by atoms with van der Waals surface area (Å²) in [5.41, 5.74) is 1.38. The summed E-state index contributed by atoms with van der Waals surface area (Å²) in [5, 5.41) is 2.91. The van der Waals surface area contributed by atoms with Crippen molar-refractivity contribution in [1.82, 2.24) is 0 Å². The fourth-order valence-electron chi connectivity index (χ4n) is 2.29. The van der Waals surface area contributed by atoms with E-state index in [2.05, 4.69) is 5.32 Å². The van der Waals surface area contributed by atoms with Gasteiger partial charge in [-0.1, -0.05) is 12.1 Å². The Labute approximate surface area is 139 Å². The molecule has 1 aliphatic heterocycles. The number of aryl methyl sites for hydroxylation is 1. The first-order valence-corrected chi connectivity index (χ1v) is 7.44. The van der Waals surface area contributed by atoms with Crippen LogP contribution in [0.25, 0.3) is 11.3 Å². The predicted octanol–water partition coefficient (Wildman–Crippen LogP) is 3.39. The number of rotatable bonds is 3. The van der Waals surface area contributed by atoms with Crippen molar-refractivity contribution >= 4 is 17.6 Å². The third-order valence-corrected chi connectivity index (χ3v) is 3.39. The predicted molar refractivity (Wildman–Crippen MR) is 86.8 cm³/mol. The lowest BCUT2D eigenvalue weighted by molar-refractivity contribution is -0.222. The Morgan fingerprint density at radius 2 is 1.75 bits per heavy atom. The molecule has 1 saturated heterocycles. The highest BCUT2D eigenvalue weighted by molar-refractivity contribution is 6.15. The van der Waals surface area contributed by atoms with E-state index in [9.17, 15) is 9.59 Å². The molecule has 6 heteroatoms. The number of cyclic esters (lactones) is 2. The SMILES string of the molecule is Cc1ccc(-c2cccc(NC=C3C(=O)OC(C)(C)OC3=O)c2)o1. The van der Waals surface area contributed by atoms with E-state index in [0.29, 0.717) is 5.69 Å². The average molecular weight is 327 g/mol. The van der Waals surface area contributed by atoms with Crippen molar-refractivity contribution < 1.29 is 23.5 Å². The smallest absolute Gasteiger partial charge is 0.350 e. The minimum absolute atomic E-state index is 0.187. The molecule has 1 fully saturated rings. The van der Waals surface area contributed by atoms with Gasteiger partial charge in [-0.05, 0) is 31.2 Å². The van der Waals surface area contributed by atoms with E-state index in [0.717, 1.165) is 17.1 Å². The standard InChI is InChI=1S/C18H17NO5/c1-11-7-8-15(22-11)12-5-4-6-13(9-12)19-10-14-16(20)23-18(2,3)24-17(14)21/h4-10,19H,1-3H3. The average Bonchev–Trinajstić information content (AvgIpc) is 2.92. The van der Waals surface area contributed by atoms with Crippen LogP contribution in [0.3, 0.4) is 0 Å². The number of ether oxygens (including phenoxy) is 2. The fraction of sp³-hybridized carbons (Fsp3) is 0.222. The number of anilines is 1. The van der Waals surface area contributed by atoms with E-state index in [1.807, 2.05) is 37.3 Å². The van der Waals surface area contributed by atoms with Gasteiger partial charge in [0.25, 0.3) is 5.79 Å². The second-order valence-electron chi connectivity index (χ2n) is 5.87. The summed E-state index contributed by atoms with van der Waals surface area (Å²) in [5.74, 6) is -1.13. The number of carbonyl (C=O) groups is 2. The number of carbonyl (C=O) groups excluding carboxylic acids is 2. The molecule has 0 spiro atoms. The number of benzene rings is 1. The lowest BCUT2D eigenvalue weighted by Crippen LogP contribution is -2.42. The van der Waals surface area contributed by atoms with Crippen LogP contribution < -0.4 is 5.32 Å². The zero-order valence-electron chi connectivity index (χ0n) is 13.6. The molecule has 0 unspecified atom stereocenters. The van der Waals surface area contributed by atoms with Crippen LogP contribution in [0.4, 0.5) is 5.69 Å². The lowest BCUT2D eigenvalue weighted by Gasteiger charge is -2.29. The van der Waals surface area contributed by atoms with Gasteiger partial charge in [0.05, 0.1) is 0 Å². The molecule has 1 N–H and O–H groups in total. The van der Waals surface area contributed by atoms with Crippen molar-refractivity contribution in [3.8, 4) is 11.3 Å².